The number of ether oxygens (including phenoxy) is 1. The molecule has 0 radical (unpaired) electrons. The first-order valence-electron chi connectivity index (χ1n) is 10.9. The summed E-state index contributed by atoms with van der Waals surface area (Å²) in [6, 6.07) is 23.5. The summed E-state index contributed by atoms with van der Waals surface area (Å²) < 4.78 is 5.48. The molecule has 3 amide bonds. The zero-order chi connectivity index (χ0) is 24.3. The Morgan fingerprint density at radius 2 is 1.50 bits per heavy atom. The Bertz CT molecular complexity index is 1120. The molecule has 0 saturated heterocycles. The van der Waals surface area contributed by atoms with Crippen molar-refractivity contribution in [1.82, 2.24) is 0 Å². The lowest BCUT2D eigenvalue weighted by Gasteiger charge is -2.16. The molecule has 0 spiro atoms. The number of nitrogens with one attached hydrogen (secondary N) is 3. The Kier molecular flexibility index (Phi) is 9.11. The molecular weight excluding hydrogens is 450 g/mol. The third-order valence-corrected chi connectivity index (χ3v) is 6.00. The van der Waals surface area contributed by atoms with Crippen LogP contribution in [0.4, 0.5) is 17.1 Å². The summed E-state index contributed by atoms with van der Waals surface area (Å²) >= 11 is 1.43. The van der Waals surface area contributed by atoms with E-state index in [4.69, 9.17) is 4.74 Å². The van der Waals surface area contributed by atoms with Crippen molar-refractivity contribution in [2.75, 3.05) is 22.6 Å². The van der Waals surface area contributed by atoms with E-state index in [0.717, 1.165) is 4.90 Å². The third-order valence-electron chi connectivity index (χ3n) is 4.65. The first-order valence-corrected chi connectivity index (χ1v) is 11.7. The Labute approximate surface area is 203 Å². The molecule has 0 saturated carbocycles. The molecule has 3 rings (SSSR count). The van der Waals surface area contributed by atoms with Crippen LogP contribution < -0.4 is 20.7 Å². The van der Waals surface area contributed by atoms with Gasteiger partial charge in [-0.3, -0.25) is 14.4 Å². The van der Waals surface area contributed by atoms with Crippen molar-refractivity contribution in [3.8, 4) is 5.75 Å². The van der Waals surface area contributed by atoms with E-state index in [9.17, 15) is 14.4 Å². The van der Waals surface area contributed by atoms with Gasteiger partial charge in [0.25, 0.3) is 5.91 Å². The van der Waals surface area contributed by atoms with Crippen LogP contribution in [0.25, 0.3) is 0 Å². The Morgan fingerprint density at radius 1 is 0.824 bits per heavy atom. The Hall–Kier alpha value is -3.78. The van der Waals surface area contributed by atoms with Crippen molar-refractivity contribution in [2.24, 2.45) is 0 Å². The first-order chi connectivity index (χ1) is 16.4. The van der Waals surface area contributed by atoms with E-state index >= 15 is 0 Å². The first kappa shape index (κ1) is 24.9. The van der Waals surface area contributed by atoms with Gasteiger partial charge in [0.15, 0.2) is 6.61 Å². The Balaban J connectivity index is 1.54. The smallest absolute Gasteiger partial charge is 0.262 e. The van der Waals surface area contributed by atoms with Crippen LogP contribution in [0.3, 0.4) is 0 Å². The maximum Gasteiger partial charge on any atom is 0.262 e. The predicted octanol–water partition coefficient (Wildman–Crippen LogP) is 5.17. The summed E-state index contributed by atoms with van der Waals surface area (Å²) in [7, 11) is 0. The molecule has 0 bridgehead atoms. The molecule has 0 aliphatic heterocycles. The Morgan fingerprint density at radius 3 is 2.15 bits per heavy atom. The lowest BCUT2D eigenvalue weighted by Crippen LogP contribution is -2.24. The summed E-state index contributed by atoms with van der Waals surface area (Å²) in [5.41, 5.74) is 1.95. The summed E-state index contributed by atoms with van der Waals surface area (Å²) in [5, 5.41) is 8.11. The number of carbonyl (C=O) groups is 3. The maximum atomic E-state index is 12.8. The fourth-order valence-electron chi connectivity index (χ4n) is 3.06. The molecular formula is C26H27N3O4S. The molecule has 176 valence electrons. The molecule has 0 aromatic heterocycles. The van der Waals surface area contributed by atoms with Crippen LogP contribution in [0.2, 0.25) is 0 Å². The maximum absolute atomic E-state index is 12.8. The van der Waals surface area contributed by atoms with Gasteiger partial charge in [-0.15, -0.1) is 11.8 Å². The number of hydrogen-bond donors (Lipinski definition) is 3. The van der Waals surface area contributed by atoms with Gasteiger partial charge in [0.05, 0.1) is 5.25 Å². The molecule has 3 aromatic carbocycles. The van der Waals surface area contributed by atoms with Crippen LogP contribution in [-0.4, -0.2) is 29.6 Å². The van der Waals surface area contributed by atoms with Crippen LogP contribution in [0.5, 0.6) is 5.75 Å². The number of thioether (sulfide) groups is 1. The molecule has 34 heavy (non-hydrogen) atoms. The quantitative estimate of drug-likeness (QED) is 0.350. The number of benzene rings is 3. The number of amides is 3. The van der Waals surface area contributed by atoms with Gasteiger partial charge in [-0.1, -0.05) is 31.2 Å². The molecule has 3 N–H and O–H groups in total. The SMILES string of the molecule is CCC(Sc1cccc(NC(=O)COc2ccccc2)c1)C(=O)Nc1ccc(NC(C)=O)cc1. The van der Waals surface area contributed by atoms with Crippen molar-refractivity contribution in [3.05, 3.63) is 78.9 Å². The van der Waals surface area contributed by atoms with E-state index in [0.29, 0.717) is 29.2 Å². The van der Waals surface area contributed by atoms with Crippen molar-refractivity contribution in [1.29, 1.82) is 0 Å². The van der Waals surface area contributed by atoms with E-state index in [-0.39, 0.29) is 29.6 Å². The highest BCUT2D eigenvalue weighted by Gasteiger charge is 2.18. The van der Waals surface area contributed by atoms with Gasteiger partial charge in [-0.25, -0.2) is 0 Å². The minimum Gasteiger partial charge on any atom is -0.484 e. The second-order valence-corrected chi connectivity index (χ2v) is 8.72. The lowest BCUT2D eigenvalue weighted by atomic mass is 10.2. The summed E-state index contributed by atoms with van der Waals surface area (Å²) in [6.07, 6.45) is 0.627. The fraction of sp³-hybridized carbons (Fsp3) is 0.192. The summed E-state index contributed by atoms with van der Waals surface area (Å²) in [6.45, 7) is 3.30. The van der Waals surface area contributed by atoms with Crippen molar-refractivity contribution >= 4 is 46.5 Å². The van der Waals surface area contributed by atoms with Gasteiger partial charge in [-0.2, -0.15) is 0 Å². The predicted molar refractivity (Wildman–Crippen MR) is 136 cm³/mol. The topological polar surface area (TPSA) is 96.5 Å². The van der Waals surface area contributed by atoms with Gasteiger partial charge < -0.3 is 20.7 Å². The monoisotopic (exact) mass is 477 g/mol. The molecule has 3 aromatic rings. The van der Waals surface area contributed by atoms with Crippen molar-refractivity contribution in [3.63, 3.8) is 0 Å². The second-order valence-electron chi connectivity index (χ2n) is 7.44. The highest BCUT2D eigenvalue weighted by atomic mass is 32.2. The van der Waals surface area contributed by atoms with Crippen LogP contribution in [0.1, 0.15) is 20.3 Å². The normalized spacial score (nSPS) is 11.2. The van der Waals surface area contributed by atoms with Crippen molar-refractivity contribution < 1.29 is 19.1 Å². The highest BCUT2D eigenvalue weighted by Crippen LogP contribution is 2.28. The molecule has 0 heterocycles. The minimum atomic E-state index is -0.317. The zero-order valence-corrected chi connectivity index (χ0v) is 19.9. The van der Waals surface area contributed by atoms with Crippen LogP contribution in [0.15, 0.2) is 83.8 Å². The van der Waals surface area contributed by atoms with E-state index in [2.05, 4.69) is 16.0 Å². The largest absolute Gasteiger partial charge is 0.484 e. The second kappa shape index (κ2) is 12.5. The molecule has 0 fully saturated rings. The minimum absolute atomic E-state index is 0.0951. The number of anilines is 3. The highest BCUT2D eigenvalue weighted by molar-refractivity contribution is 8.00. The lowest BCUT2D eigenvalue weighted by molar-refractivity contribution is -0.118. The summed E-state index contributed by atoms with van der Waals surface area (Å²) in [5.74, 6) is 0.0915. The molecule has 8 heteroatoms. The molecule has 1 atom stereocenters. The van der Waals surface area contributed by atoms with Crippen LogP contribution >= 0.6 is 11.8 Å². The molecule has 7 nitrogen and oxygen atoms in total. The van der Waals surface area contributed by atoms with E-state index < -0.39 is 0 Å². The van der Waals surface area contributed by atoms with E-state index in [1.165, 1.54) is 18.7 Å². The van der Waals surface area contributed by atoms with Crippen LogP contribution in [0, 0.1) is 0 Å². The molecule has 1 unspecified atom stereocenters. The third kappa shape index (κ3) is 7.97. The van der Waals surface area contributed by atoms with Gasteiger partial charge >= 0.3 is 0 Å². The van der Waals surface area contributed by atoms with Crippen LogP contribution in [-0.2, 0) is 14.4 Å². The fourth-order valence-corrected chi connectivity index (χ4v) is 4.07. The zero-order valence-electron chi connectivity index (χ0n) is 19.0. The number of hydrogen-bond acceptors (Lipinski definition) is 5. The van der Waals surface area contributed by atoms with Crippen molar-refractivity contribution in [2.45, 2.75) is 30.4 Å². The van der Waals surface area contributed by atoms with E-state index in [1.807, 2.05) is 43.3 Å². The summed E-state index contributed by atoms with van der Waals surface area (Å²) in [4.78, 5) is 37.0. The van der Waals surface area contributed by atoms with Gasteiger partial charge in [0, 0.05) is 28.9 Å². The number of carbonyl (C=O) groups excluding carboxylic acids is 3. The average molecular weight is 478 g/mol. The van der Waals surface area contributed by atoms with E-state index in [1.54, 1.807) is 42.5 Å². The molecule has 0 aliphatic carbocycles. The molecule has 0 aliphatic rings. The van der Waals surface area contributed by atoms with Gasteiger partial charge in [-0.05, 0) is 61.0 Å². The average Bonchev–Trinajstić information content (AvgIpc) is 2.83. The number of para-hydroxylation sites is 1. The number of rotatable bonds is 10. The van der Waals surface area contributed by atoms with Gasteiger partial charge in [0.1, 0.15) is 5.75 Å². The van der Waals surface area contributed by atoms with Gasteiger partial charge in [0.2, 0.25) is 11.8 Å². The standard InChI is InChI=1S/C26H27N3O4S/c1-3-24(26(32)29-20-14-12-19(13-15-20)27-18(2)30)34-23-11-7-8-21(16-23)28-25(31)17-33-22-9-5-4-6-10-22/h4-16,24H,3,17H2,1-2H3,(H,27,30)(H,28,31)(H,29,32).